The molecule has 14 heavy (non-hydrogen) atoms. The minimum absolute atomic E-state index is 0.739. The zero-order valence-electron chi connectivity index (χ0n) is 9.14. The van der Waals surface area contributed by atoms with Crippen LogP contribution < -0.4 is 5.32 Å². The Morgan fingerprint density at radius 2 is 2.14 bits per heavy atom. The van der Waals surface area contributed by atoms with E-state index in [0.29, 0.717) is 0 Å². The van der Waals surface area contributed by atoms with E-state index < -0.39 is 0 Å². The fraction of sp³-hybridized carbons (Fsp3) is 0.538. The summed E-state index contributed by atoms with van der Waals surface area (Å²) < 4.78 is 0. The van der Waals surface area contributed by atoms with Gasteiger partial charge in [-0.3, -0.25) is 0 Å². The highest BCUT2D eigenvalue weighted by Crippen LogP contribution is 2.26. The molecular weight excluding hydrogens is 170 g/mol. The van der Waals surface area contributed by atoms with Crippen molar-refractivity contribution in [1.82, 2.24) is 5.32 Å². The van der Waals surface area contributed by atoms with Crippen molar-refractivity contribution in [1.29, 1.82) is 0 Å². The summed E-state index contributed by atoms with van der Waals surface area (Å²) in [4.78, 5) is 0. The summed E-state index contributed by atoms with van der Waals surface area (Å²) in [6, 6.07) is 6.81. The van der Waals surface area contributed by atoms with Gasteiger partial charge in [0, 0.05) is 6.54 Å². The van der Waals surface area contributed by atoms with Crippen LogP contribution in [-0.4, -0.2) is 13.1 Å². The van der Waals surface area contributed by atoms with Gasteiger partial charge < -0.3 is 5.32 Å². The molecule has 0 bridgehead atoms. The van der Waals surface area contributed by atoms with Crippen molar-refractivity contribution < 1.29 is 0 Å². The molecule has 1 nitrogen and oxygen atoms in total. The SMILES string of the molecule is Cc1ccc(C)c([C@@H]2CCCNC2)c1. The van der Waals surface area contributed by atoms with Crippen LogP contribution in [0.15, 0.2) is 18.2 Å². The second-order valence-corrected chi connectivity index (χ2v) is 4.40. The zero-order chi connectivity index (χ0) is 9.97. The average Bonchev–Trinajstić information content (AvgIpc) is 2.23. The second-order valence-electron chi connectivity index (χ2n) is 4.40. The molecular formula is C13H19N. The number of piperidine rings is 1. The van der Waals surface area contributed by atoms with Gasteiger partial charge in [-0.05, 0) is 50.3 Å². The van der Waals surface area contributed by atoms with Crippen molar-refractivity contribution >= 4 is 0 Å². The van der Waals surface area contributed by atoms with E-state index in [-0.39, 0.29) is 0 Å². The van der Waals surface area contributed by atoms with Crippen LogP contribution in [0.5, 0.6) is 0 Å². The molecule has 1 heterocycles. The van der Waals surface area contributed by atoms with Gasteiger partial charge in [0.15, 0.2) is 0 Å². The Bertz CT molecular complexity index is 311. The van der Waals surface area contributed by atoms with Crippen LogP contribution in [0.1, 0.15) is 35.4 Å². The van der Waals surface area contributed by atoms with Gasteiger partial charge in [0.05, 0.1) is 0 Å². The third-order valence-electron chi connectivity index (χ3n) is 3.17. The summed E-state index contributed by atoms with van der Waals surface area (Å²) >= 11 is 0. The minimum Gasteiger partial charge on any atom is -0.316 e. The molecule has 0 radical (unpaired) electrons. The smallest absolute Gasteiger partial charge is 0.00202 e. The predicted octanol–water partition coefficient (Wildman–Crippen LogP) is 2.77. The molecule has 1 aromatic rings. The second kappa shape index (κ2) is 4.14. The van der Waals surface area contributed by atoms with E-state index in [1.54, 1.807) is 5.56 Å². The number of hydrogen-bond acceptors (Lipinski definition) is 1. The molecule has 1 aliphatic rings. The lowest BCUT2D eigenvalue weighted by atomic mass is 9.88. The van der Waals surface area contributed by atoms with Gasteiger partial charge in [-0.1, -0.05) is 23.8 Å². The van der Waals surface area contributed by atoms with Gasteiger partial charge >= 0.3 is 0 Å². The molecule has 0 aliphatic carbocycles. The van der Waals surface area contributed by atoms with E-state index in [4.69, 9.17) is 0 Å². The average molecular weight is 189 g/mol. The molecule has 1 fully saturated rings. The van der Waals surface area contributed by atoms with E-state index in [2.05, 4.69) is 37.4 Å². The summed E-state index contributed by atoms with van der Waals surface area (Å²) in [7, 11) is 0. The van der Waals surface area contributed by atoms with Gasteiger partial charge in [0.1, 0.15) is 0 Å². The van der Waals surface area contributed by atoms with Crippen molar-refractivity contribution in [2.45, 2.75) is 32.6 Å². The van der Waals surface area contributed by atoms with Crippen LogP contribution in [0.4, 0.5) is 0 Å². The Hall–Kier alpha value is -0.820. The maximum absolute atomic E-state index is 3.48. The quantitative estimate of drug-likeness (QED) is 0.716. The van der Waals surface area contributed by atoms with Crippen molar-refractivity contribution in [3.8, 4) is 0 Å². The van der Waals surface area contributed by atoms with E-state index in [1.807, 2.05) is 0 Å². The van der Waals surface area contributed by atoms with Crippen LogP contribution >= 0.6 is 0 Å². The number of aryl methyl sites for hydroxylation is 2. The van der Waals surface area contributed by atoms with Crippen LogP contribution in [0.25, 0.3) is 0 Å². The van der Waals surface area contributed by atoms with Gasteiger partial charge in [-0.25, -0.2) is 0 Å². The Kier molecular flexibility index (Phi) is 2.87. The molecule has 1 saturated heterocycles. The highest BCUT2D eigenvalue weighted by Gasteiger charge is 2.16. The molecule has 0 unspecified atom stereocenters. The van der Waals surface area contributed by atoms with Crippen LogP contribution in [0, 0.1) is 13.8 Å². The van der Waals surface area contributed by atoms with Crippen LogP contribution in [-0.2, 0) is 0 Å². The first kappa shape index (κ1) is 9.72. The maximum Gasteiger partial charge on any atom is 0.00202 e. The van der Waals surface area contributed by atoms with E-state index in [1.165, 1.54) is 30.5 Å². The molecule has 0 aromatic heterocycles. The summed E-state index contributed by atoms with van der Waals surface area (Å²) in [5.41, 5.74) is 4.39. The molecule has 1 aliphatic heterocycles. The minimum atomic E-state index is 0.739. The summed E-state index contributed by atoms with van der Waals surface area (Å²) in [6.45, 7) is 6.76. The molecule has 1 aromatic carbocycles. The third-order valence-corrected chi connectivity index (χ3v) is 3.17. The largest absolute Gasteiger partial charge is 0.316 e. The summed E-state index contributed by atoms with van der Waals surface area (Å²) in [5, 5.41) is 3.48. The number of rotatable bonds is 1. The number of benzene rings is 1. The predicted molar refractivity (Wildman–Crippen MR) is 60.8 cm³/mol. The highest BCUT2D eigenvalue weighted by molar-refractivity contribution is 5.33. The van der Waals surface area contributed by atoms with Gasteiger partial charge in [0.2, 0.25) is 0 Å². The molecule has 1 atom stereocenters. The Labute approximate surface area is 86.5 Å². The first-order chi connectivity index (χ1) is 6.77. The third kappa shape index (κ3) is 1.98. The maximum atomic E-state index is 3.48. The molecule has 0 saturated carbocycles. The molecule has 2 rings (SSSR count). The first-order valence-electron chi connectivity index (χ1n) is 5.55. The normalized spacial score (nSPS) is 22.3. The number of nitrogens with one attached hydrogen (secondary N) is 1. The lowest BCUT2D eigenvalue weighted by Crippen LogP contribution is -2.28. The van der Waals surface area contributed by atoms with Crippen molar-refractivity contribution in [3.05, 3.63) is 34.9 Å². The molecule has 0 spiro atoms. The van der Waals surface area contributed by atoms with Crippen molar-refractivity contribution in [2.24, 2.45) is 0 Å². The molecule has 1 heteroatoms. The summed E-state index contributed by atoms with van der Waals surface area (Å²) in [6.07, 6.45) is 2.66. The topological polar surface area (TPSA) is 12.0 Å². The van der Waals surface area contributed by atoms with Crippen LogP contribution in [0.2, 0.25) is 0 Å². The van der Waals surface area contributed by atoms with Gasteiger partial charge in [0.25, 0.3) is 0 Å². The fourth-order valence-electron chi connectivity index (χ4n) is 2.32. The van der Waals surface area contributed by atoms with Crippen molar-refractivity contribution in [3.63, 3.8) is 0 Å². The molecule has 76 valence electrons. The van der Waals surface area contributed by atoms with E-state index in [0.717, 1.165) is 12.5 Å². The Morgan fingerprint density at radius 3 is 2.86 bits per heavy atom. The monoisotopic (exact) mass is 189 g/mol. The zero-order valence-corrected chi connectivity index (χ0v) is 9.14. The van der Waals surface area contributed by atoms with Crippen LogP contribution in [0.3, 0.4) is 0 Å². The lowest BCUT2D eigenvalue weighted by Gasteiger charge is -2.24. The standard InChI is InChI=1S/C13H19N/c1-10-5-6-11(2)13(8-10)12-4-3-7-14-9-12/h5-6,8,12,14H,3-4,7,9H2,1-2H3/t12-/m1/s1. The molecule has 1 N–H and O–H groups in total. The van der Waals surface area contributed by atoms with Gasteiger partial charge in [-0.15, -0.1) is 0 Å². The molecule has 0 amide bonds. The van der Waals surface area contributed by atoms with Crippen molar-refractivity contribution in [2.75, 3.05) is 13.1 Å². The first-order valence-corrected chi connectivity index (χ1v) is 5.55. The summed E-state index contributed by atoms with van der Waals surface area (Å²) in [5.74, 6) is 0.739. The highest BCUT2D eigenvalue weighted by atomic mass is 14.9. The van der Waals surface area contributed by atoms with Gasteiger partial charge in [-0.2, -0.15) is 0 Å². The van der Waals surface area contributed by atoms with E-state index in [9.17, 15) is 0 Å². The number of hydrogen-bond donors (Lipinski definition) is 1. The lowest BCUT2D eigenvalue weighted by molar-refractivity contribution is 0.460. The van der Waals surface area contributed by atoms with E-state index >= 15 is 0 Å². The fourth-order valence-corrected chi connectivity index (χ4v) is 2.32. The Morgan fingerprint density at radius 1 is 1.29 bits per heavy atom. The Balaban J connectivity index is 2.24.